The number of carbonyl (C=O) groups excluding carboxylic acids is 1. The summed E-state index contributed by atoms with van der Waals surface area (Å²) in [5.41, 5.74) is -0.475. The largest absolute Gasteiger partial charge is 0.450 e. The lowest BCUT2D eigenvalue weighted by Crippen LogP contribution is -2.30. The first kappa shape index (κ1) is 13.7. The summed E-state index contributed by atoms with van der Waals surface area (Å²) in [6, 6.07) is 5.10. The smallest absolute Gasteiger partial charge is 0.290 e. The van der Waals surface area contributed by atoms with E-state index in [0.29, 0.717) is 5.56 Å². The lowest BCUT2D eigenvalue weighted by Gasteiger charge is -2.24. The maximum absolute atomic E-state index is 12.7. The first-order valence-electron chi connectivity index (χ1n) is 4.99. The molecule has 0 radical (unpaired) electrons. The summed E-state index contributed by atoms with van der Waals surface area (Å²) >= 11 is 0. The normalized spacial score (nSPS) is 12.6. The van der Waals surface area contributed by atoms with Crippen LogP contribution in [0.2, 0.25) is 0 Å². The minimum Gasteiger partial charge on any atom is -0.290 e. The van der Waals surface area contributed by atoms with E-state index in [1.54, 1.807) is 0 Å². The lowest BCUT2D eigenvalue weighted by molar-refractivity contribution is -0.172. The molecule has 17 heavy (non-hydrogen) atoms. The summed E-state index contributed by atoms with van der Waals surface area (Å²) in [6.45, 7) is 3.04. The molecule has 0 aliphatic carbocycles. The quantitative estimate of drug-likeness (QED) is 0.746. The highest BCUT2D eigenvalue weighted by molar-refractivity contribution is 5.85. The van der Waals surface area contributed by atoms with Crippen molar-refractivity contribution in [1.82, 2.24) is 0 Å². The highest BCUT2D eigenvalue weighted by Gasteiger charge is 2.41. The van der Waals surface area contributed by atoms with Crippen molar-refractivity contribution in [2.24, 2.45) is 0 Å². The van der Waals surface area contributed by atoms with Gasteiger partial charge in [0.15, 0.2) is 0 Å². The van der Waals surface area contributed by atoms with E-state index in [0.717, 1.165) is 12.1 Å². The van der Waals surface area contributed by atoms with Gasteiger partial charge in [-0.3, -0.25) is 4.79 Å². The molecule has 1 rings (SSSR count). The van der Waals surface area contributed by atoms with E-state index < -0.39 is 29.6 Å². The Balaban J connectivity index is 2.89. The van der Waals surface area contributed by atoms with Crippen LogP contribution in [0.3, 0.4) is 0 Å². The molecule has 0 atom stereocenters. The van der Waals surface area contributed by atoms with Crippen molar-refractivity contribution in [3.05, 3.63) is 35.6 Å². The number of carbonyl (C=O) groups is 1. The van der Waals surface area contributed by atoms with Gasteiger partial charge in [-0.1, -0.05) is 26.0 Å². The molecule has 0 unspecified atom stereocenters. The number of ketones is 1. The second kappa shape index (κ2) is 4.47. The standard InChI is InChI=1S/C12H12F4O/c1-11(2,7-10(17)12(14,15)16)8-3-5-9(13)6-4-8/h3-6H,7H2,1-2H3. The zero-order valence-corrected chi connectivity index (χ0v) is 9.44. The monoisotopic (exact) mass is 248 g/mol. The Bertz CT molecular complexity index is 404. The third-order valence-electron chi connectivity index (χ3n) is 2.54. The molecule has 0 bridgehead atoms. The van der Waals surface area contributed by atoms with Gasteiger partial charge in [0, 0.05) is 6.42 Å². The molecular weight excluding hydrogens is 236 g/mol. The molecule has 1 aromatic carbocycles. The molecule has 1 aromatic rings. The van der Waals surface area contributed by atoms with Crippen LogP contribution in [0.25, 0.3) is 0 Å². The van der Waals surface area contributed by atoms with Gasteiger partial charge in [0.25, 0.3) is 0 Å². The molecular formula is C12H12F4O. The Kier molecular flexibility index (Phi) is 3.59. The molecule has 5 heteroatoms. The van der Waals surface area contributed by atoms with E-state index in [1.807, 2.05) is 0 Å². The van der Waals surface area contributed by atoms with Crippen LogP contribution >= 0.6 is 0 Å². The van der Waals surface area contributed by atoms with E-state index in [4.69, 9.17) is 0 Å². The average molecular weight is 248 g/mol. The SMILES string of the molecule is CC(C)(CC(=O)C(F)(F)F)c1ccc(F)cc1. The third-order valence-corrected chi connectivity index (χ3v) is 2.54. The van der Waals surface area contributed by atoms with Crippen molar-refractivity contribution in [1.29, 1.82) is 0 Å². The minimum absolute atomic E-state index is 0.466. The highest BCUT2D eigenvalue weighted by atomic mass is 19.4. The number of rotatable bonds is 3. The number of halogens is 4. The minimum atomic E-state index is -4.82. The van der Waals surface area contributed by atoms with E-state index in [-0.39, 0.29) is 0 Å². The first-order valence-corrected chi connectivity index (χ1v) is 4.99. The maximum atomic E-state index is 12.7. The van der Waals surface area contributed by atoms with Crippen LogP contribution in [-0.4, -0.2) is 12.0 Å². The fraction of sp³-hybridized carbons (Fsp3) is 0.417. The molecule has 0 N–H and O–H groups in total. The Morgan fingerprint density at radius 1 is 1.12 bits per heavy atom. The van der Waals surface area contributed by atoms with Crippen LogP contribution in [0.15, 0.2) is 24.3 Å². The molecule has 0 amide bonds. The summed E-state index contributed by atoms with van der Waals surface area (Å²) in [4.78, 5) is 10.9. The van der Waals surface area contributed by atoms with Crippen LogP contribution in [-0.2, 0) is 10.2 Å². The fourth-order valence-electron chi connectivity index (χ4n) is 1.50. The maximum Gasteiger partial charge on any atom is 0.450 e. The van der Waals surface area contributed by atoms with Crippen molar-refractivity contribution < 1.29 is 22.4 Å². The molecule has 0 heterocycles. The summed E-state index contributed by atoms with van der Waals surface area (Å²) in [5.74, 6) is -2.24. The van der Waals surface area contributed by atoms with Gasteiger partial charge in [0.1, 0.15) is 5.82 Å². The number of hydrogen-bond donors (Lipinski definition) is 0. The van der Waals surface area contributed by atoms with Gasteiger partial charge < -0.3 is 0 Å². The zero-order chi connectivity index (χ0) is 13.3. The Morgan fingerprint density at radius 2 is 1.59 bits per heavy atom. The summed E-state index contributed by atoms with van der Waals surface area (Å²) < 4.78 is 49.1. The Hall–Kier alpha value is -1.39. The van der Waals surface area contributed by atoms with Gasteiger partial charge in [0.05, 0.1) is 0 Å². The van der Waals surface area contributed by atoms with Gasteiger partial charge in [0.2, 0.25) is 5.78 Å². The first-order chi connectivity index (χ1) is 7.63. The number of benzene rings is 1. The van der Waals surface area contributed by atoms with Crippen LogP contribution in [0.1, 0.15) is 25.8 Å². The van der Waals surface area contributed by atoms with Crippen molar-refractivity contribution in [3.8, 4) is 0 Å². The molecule has 0 fully saturated rings. The molecule has 0 aliphatic heterocycles. The molecule has 0 aliphatic rings. The lowest BCUT2D eigenvalue weighted by atomic mass is 9.80. The van der Waals surface area contributed by atoms with Crippen LogP contribution in [0.4, 0.5) is 17.6 Å². The fourth-order valence-corrected chi connectivity index (χ4v) is 1.50. The van der Waals surface area contributed by atoms with E-state index in [9.17, 15) is 22.4 Å². The molecule has 0 saturated heterocycles. The molecule has 0 saturated carbocycles. The van der Waals surface area contributed by atoms with Crippen LogP contribution < -0.4 is 0 Å². The van der Waals surface area contributed by atoms with E-state index in [1.165, 1.54) is 26.0 Å². The Labute approximate surface area is 96.4 Å². The van der Waals surface area contributed by atoms with Crippen molar-refractivity contribution in [2.45, 2.75) is 31.9 Å². The van der Waals surface area contributed by atoms with E-state index >= 15 is 0 Å². The van der Waals surface area contributed by atoms with Gasteiger partial charge in [-0.25, -0.2) is 4.39 Å². The van der Waals surface area contributed by atoms with Crippen LogP contribution in [0.5, 0.6) is 0 Å². The van der Waals surface area contributed by atoms with Crippen molar-refractivity contribution in [2.75, 3.05) is 0 Å². The predicted molar refractivity (Wildman–Crippen MR) is 55.1 cm³/mol. The van der Waals surface area contributed by atoms with Gasteiger partial charge in [-0.2, -0.15) is 13.2 Å². The Morgan fingerprint density at radius 3 is 2.00 bits per heavy atom. The second-order valence-electron chi connectivity index (χ2n) is 4.49. The predicted octanol–water partition coefficient (Wildman–Crippen LogP) is 3.62. The van der Waals surface area contributed by atoms with Crippen LogP contribution in [0, 0.1) is 5.82 Å². The molecule has 0 spiro atoms. The molecule has 94 valence electrons. The van der Waals surface area contributed by atoms with Gasteiger partial charge in [-0.15, -0.1) is 0 Å². The number of Topliss-reactive ketones (excluding diaryl/α,β-unsaturated/α-hetero) is 1. The second-order valence-corrected chi connectivity index (χ2v) is 4.49. The number of alkyl halides is 3. The molecule has 0 aromatic heterocycles. The van der Waals surface area contributed by atoms with Crippen molar-refractivity contribution >= 4 is 5.78 Å². The van der Waals surface area contributed by atoms with Gasteiger partial charge in [-0.05, 0) is 23.1 Å². The summed E-state index contributed by atoms with van der Waals surface area (Å²) in [5, 5.41) is 0. The zero-order valence-electron chi connectivity index (χ0n) is 9.44. The third kappa shape index (κ3) is 3.54. The average Bonchev–Trinajstić information content (AvgIpc) is 2.16. The topological polar surface area (TPSA) is 17.1 Å². The van der Waals surface area contributed by atoms with E-state index in [2.05, 4.69) is 0 Å². The molecule has 1 nitrogen and oxygen atoms in total. The summed E-state index contributed by atoms with van der Waals surface area (Å²) in [7, 11) is 0. The van der Waals surface area contributed by atoms with Gasteiger partial charge >= 0.3 is 6.18 Å². The number of hydrogen-bond acceptors (Lipinski definition) is 1. The highest BCUT2D eigenvalue weighted by Crippen LogP contribution is 2.31. The summed E-state index contributed by atoms with van der Waals surface area (Å²) in [6.07, 6.45) is -5.47. The van der Waals surface area contributed by atoms with Crippen molar-refractivity contribution in [3.63, 3.8) is 0 Å².